The Bertz CT molecular complexity index is 1360. The van der Waals surface area contributed by atoms with Crippen molar-refractivity contribution < 1.29 is 23.8 Å². The zero-order valence-electron chi connectivity index (χ0n) is 16.7. The van der Waals surface area contributed by atoms with Crippen LogP contribution < -0.4 is 4.74 Å². The number of carbonyl (C=O) groups excluding carboxylic acids is 2. The molecule has 32 heavy (non-hydrogen) atoms. The maximum absolute atomic E-state index is 13.3. The quantitative estimate of drug-likeness (QED) is 0.485. The molecule has 8 heteroatoms. The van der Waals surface area contributed by atoms with Gasteiger partial charge in [0.2, 0.25) is 0 Å². The molecule has 2 aromatic carbocycles. The van der Waals surface area contributed by atoms with Crippen molar-refractivity contribution in [2.75, 3.05) is 0 Å². The predicted octanol–water partition coefficient (Wildman–Crippen LogP) is 3.85. The van der Waals surface area contributed by atoms with Gasteiger partial charge in [-0.15, -0.1) is 0 Å². The number of amides is 2. The number of rotatable bonds is 5. The Balaban J connectivity index is 1.60. The number of imide groups is 1. The molecule has 1 aliphatic rings. The van der Waals surface area contributed by atoms with Gasteiger partial charge in [-0.1, -0.05) is 18.2 Å². The summed E-state index contributed by atoms with van der Waals surface area (Å²) in [5.74, 6) is -1.91. The van der Waals surface area contributed by atoms with Gasteiger partial charge in [0.05, 0.1) is 17.8 Å². The third-order valence-electron chi connectivity index (χ3n) is 5.25. The lowest BCUT2D eigenvalue weighted by atomic mass is 10.0. The van der Waals surface area contributed by atoms with Crippen LogP contribution in [-0.4, -0.2) is 31.8 Å². The van der Waals surface area contributed by atoms with Crippen LogP contribution in [0.15, 0.2) is 67.0 Å². The predicted molar refractivity (Wildman–Crippen MR) is 113 cm³/mol. The number of phenolic OH excluding ortho intramolecular Hbond substituents is 1. The van der Waals surface area contributed by atoms with E-state index in [0.717, 1.165) is 4.90 Å². The lowest BCUT2D eigenvalue weighted by Gasteiger charge is -2.14. The molecule has 0 aliphatic carbocycles. The molecule has 0 saturated heterocycles. The molecule has 0 bridgehead atoms. The zero-order valence-corrected chi connectivity index (χ0v) is 16.7. The van der Waals surface area contributed by atoms with Crippen LogP contribution in [0.3, 0.4) is 0 Å². The summed E-state index contributed by atoms with van der Waals surface area (Å²) in [7, 11) is 0. The lowest BCUT2D eigenvalue weighted by Crippen LogP contribution is -2.29. The third-order valence-corrected chi connectivity index (χ3v) is 5.25. The fourth-order valence-electron chi connectivity index (χ4n) is 3.73. The number of ether oxygens (including phenoxy) is 1. The average Bonchev–Trinajstić information content (AvgIpc) is 3.06. The maximum Gasteiger partial charge on any atom is 0.265 e. The molecule has 0 radical (unpaired) electrons. The van der Waals surface area contributed by atoms with Gasteiger partial charge in [0.15, 0.2) is 5.75 Å². The van der Waals surface area contributed by atoms with E-state index in [0.29, 0.717) is 16.6 Å². The second-order valence-corrected chi connectivity index (χ2v) is 7.26. The van der Waals surface area contributed by atoms with Crippen molar-refractivity contribution in [3.8, 4) is 11.5 Å². The highest BCUT2D eigenvalue weighted by Crippen LogP contribution is 2.44. The van der Waals surface area contributed by atoms with Gasteiger partial charge >= 0.3 is 0 Å². The molecular formula is C24H16FN3O4. The van der Waals surface area contributed by atoms with E-state index in [1.54, 1.807) is 30.5 Å². The first-order valence-electron chi connectivity index (χ1n) is 9.81. The molecule has 0 spiro atoms. The molecule has 2 aromatic heterocycles. The molecule has 1 aliphatic heterocycles. The molecule has 3 heterocycles. The number of carbonyl (C=O) groups is 2. The van der Waals surface area contributed by atoms with Gasteiger partial charge < -0.3 is 9.84 Å². The van der Waals surface area contributed by atoms with E-state index in [1.165, 1.54) is 30.5 Å². The van der Waals surface area contributed by atoms with Crippen molar-refractivity contribution >= 4 is 22.7 Å². The van der Waals surface area contributed by atoms with Crippen LogP contribution >= 0.6 is 0 Å². The first-order valence-corrected chi connectivity index (χ1v) is 9.81. The summed E-state index contributed by atoms with van der Waals surface area (Å²) in [6.45, 7) is -0.0169. The molecule has 4 aromatic rings. The molecule has 0 unspecified atom stereocenters. The highest BCUT2D eigenvalue weighted by molar-refractivity contribution is 6.26. The Morgan fingerprint density at radius 2 is 1.66 bits per heavy atom. The Labute approximate surface area is 181 Å². The normalized spacial score (nSPS) is 13.0. The van der Waals surface area contributed by atoms with Crippen LogP contribution in [0.25, 0.3) is 10.9 Å². The van der Waals surface area contributed by atoms with E-state index >= 15 is 0 Å². The molecule has 0 atom stereocenters. The number of halogens is 1. The Kier molecular flexibility index (Phi) is 4.74. The zero-order chi connectivity index (χ0) is 22.2. The molecular weight excluding hydrogens is 413 g/mol. The van der Waals surface area contributed by atoms with E-state index < -0.39 is 17.6 Å². The molecule has 0 fully saturated rings. The van der Waals surface area contributed by atoms with Gasteiger partial charge in [0, 0.05) is 17.8 Å². The number of aromatic nitrogens is 2. The van der Waals surface area contributed by atoms with E-state index in [2.05, 4.69) is 9.97 Å². The summed E-state index contributed by atoms with van der Waals surface area (Å²) >= 11 is 0. The number of nitrogens with zero attached hydrogens (tertiary/aromatic N) is 3. The van der Waals surface area contributed by atoms with Gasteiger partial charge in [-0.2, -0.15) is 0 Å². The molecule has 158 valence electrons. The van der Waals surface area contributed by atoms with Gasteiger partial charge in [-0.05, 0) is 42.0 Å². The summed E-state index contributed by atoms with van der Waals surface area (Å²) in [5.41, 5.74) is 1.18. The number of pyridine rings is 2. The molecule has 7 nitrogen and oxygen atoms in total. The van der Waals surface area contributed by atoms with Crippen molar-refractivity contribution in [2.45, 2.75) is 13.2 Å². The SMILES string of the molecule is O=C1c2c(c(O)c3ncccc3c2OCc2ccccn2)C(=O)N1Cc1ccc(F)cc1. The van der Waals surface area contributed by atoms with Gasteiger partial charge in [0.1, 0.15) is 29.3 Å². The highest BCUT2D eigenvalue weighted by atomic mass is 19.1. The molecule has 2 amide bonds. The van der Waals surface area contributed by atoms with Crippen molar-refractivity contribution in [1.82, 2.24) is 14.9 Å². The summed E-state index contributed by atoms with van der Waals surface area (Å²) in [6, 6.07) is 14.2. The third kappa shape index (κ3) is 3.22. The number of phenols is 1. The van der Waals surface area contributed by atoms with E-state index in [-0.39, 0.29) is 41.3 Å². The molecule has 0 saturated carbocycles. The van der Waals surface area contributed by atoms with Crippen LogP contribution in [0.4, 0.5) is 4.39 Å². The number of hydrogen-bond donors (Lipinski definition) is 1. The monoisotopic (exact) mass is 429 g/mol. The average molecular weight is 429 g/mol. The lowest BCUT2D eigenvalue weighted by molar-refractivity contribution is 0.0640. The van der Waals surface area contributed by atoms with Crippen molar-refractivity contribution in [1.29, 1.82) is 0 Å². The van der Waals surface area contributed by atoms with Crippen LogP contribution in [0, 0.1) is 5.82 Å². The summed E-state index contributed by atoms with van der Waals surface area (Å²) in [4.78, 5) is 35.9. The van der Waals surface area contributed by atoms with E-state index in [4.69, 9.17) is 4.74 Å². The first kappa shape index (κ1) is 19.6. The van der Waals surface area contributed by atoms with Crippen LogP contribution in [-0.2, 0) is 13.2 Å². The second kappa shape index (κ2) is 7.73. The standard InChI is InChI=1S/C24H16FN3O4/c25-15-8-6-14(7-9-15)12-28-23(30)18-19(24(28)31)22(32-13-16-4-1-2-10-26-16)17-5-3-11-27-20(17)21(18)29/h1-11,29H,12-13H2. The maximum atomic E-state index is 13.3. The number of hydrogen-bond acceptors (Lipinski definition) is 6. The van der Waals surface area contributed by atoms with Crippen LogP contribution in [0.1, 0.15) is 32.0 Å². The largest absolute Gasteiger partial charge is 0.505 e. The topological polar surface area (TPSA) is 92.6 Å². The van der Waals surface area contributed by atoms with Gasteiger partial charge in [-0.25, -0.2) is 4.39 Å². The summed E-state index contributed by atoms with van der Waals surface area (Å²) in [5, 5.41) is 11.2. The number of fused-ring (bicyclic) bond motifs is 2. The van der Waals surface area contributed by atoms with Crippen LogP contribution in [0.2, 0.25) is 0 Å². The van der Waals surface area contributed by atoms with Crippen molar-refractivity contribution in [3.05, 3.63) is 95.2 Å². The Morgan fingerprint density at radius 1 is 0.906 bits per heavy atom. The fraction of sp³-hybridized carbons (Fsp3) is 0.0833. The smallest absolute Gasteiger partial charge is 0.265 e. The number of aromatic hydroxyl groups is 1. The van der Waals surface area contributed by atoms with E-state index in [1.807, 2.05) is 6.07 Å². The van der Waals surface area contributed by atoms with Crippen molar-refractivity contribution in [2.24, 2.45) is 0 Å². The van der Waals surface area contributed by atoms with Gasteiger partial charge in [0.25, 0.3) is 11.8 Å². The minimum atomic E-state index is -0.665. The van der Waals surface area contributed by atoms with E-state index in [9.17, 15) is 19.1 Å². The Morgan fingerprint density at radius 3 is 2.41 bits per heavy atom. The summed E-state index contributed by atoms with van der Waals surface area (Å²) in [6.07, 6.45) is 3.10. The molecule has 1 N–H and O–H groups in total. The highest BCUT2D eigenvalue weighted by Gasteiger charge is 2.42. The molecule has 5 rings (SSSR count). The van der Waals surface area contributed by atoms with Gasteiger partial charge in [-0.3, -0.25) is 24.5 Å². The van der Waals surface area contributed by atoms with Crippen molar-refractivity contribution in [3.63, 3.8) is 0 Å². The fourth-order valence-corrected chi connectivity index (χ4v) is 3.73. The summed E-state index contributed by atoms with van der Waals surface area (Å²) < 4.78 is 19.2. The minimum Gasteiger partial charge on any atom is -0.505 e. The minimum absolute atomic E-state index is 0.0222. The first-order chi connectivity index (χ1) is 15.5. The number of benzene rings is 2. The second-order valence-electron chi connectivity index (χ2n) is 7.26. The van der Waals surface area contributed by atoms with Crippen LogP contribution in [0.5, 0.6) is 11.5 Å². The Hall–Kier alpha value is -4.33.